The summed E-state index contributed by atoms with van der Waals surface area (Å²) in [6, 6.07) is 10.8. The van der Waals surface area contributed by atoms with E-state index in [2.05, 4.69) is 5.32 Å². The summed E-state index contributed by atoms with van der Waals surface area (Å²) in [5, 5.41) is 3.52. The van der Waals surface area contributed by atoms with Crippen molar-refractivity contribution in [2.24, 2.45) is 0 Å². The van der Waals surface area contributed by atoms with Crippen LogP contribution in [0.25, 0.3) is 0 Å². The van der Waals surface area contributed by atoms with E-state index in [0.29, 0.717) is 23.7 Å². The predicted octanol–water partition coefficient (Wildman–Crippen LogP) is 3.99. The molecule has 2 aromatic rings. The summed E-state index contributed by atoms with van der Waals surface area (Å²) >= 11 is 5.85. The third kappa shape index (κ3) is 3.65. The Labute approximate surface area is 146 Å². The monoisotopic (exact) mass is 345 g/mol. The van der Waals surface area contributed by atoms with Crippen LogP contribution in [0.1, 0.15) is 35.3 Å². The number of benzene rings is 2. The molecule has 0 fully saturated rings. The second kappa shape index (κ2) is 7.14. The quantitative estimate of drug-likeness (QED) is 0.891. The lowest BCUT2D eigenvalue weighted by Gasteiger charge is -2.13. The van der Waals surface area contributed by atoms with Crippen molar-refractivity contribution in [3.63, 3.8) is 0 Å². The molecule has 0 saturated carbocycles. The second-order valence-corrected chi connectivity index (χ2v) is 6.26. The molecule has 0 aliphatic carbocycles. The highest BCUT2D eigenvalue weighted by Gasteiger charge is 2.22. The first kappa shape index (κ1) is 16.7. The van der Waals surface area contributed by atoms with E-state index in [-0.39, 0.29) is 12.0 Å². The number of halogens is 1. The van der Waals surface area contributed by atoms with E-state index >= 15 is 0 Å². The molecule has 0 radical (unpaired) electrons. The van der Waals surface area contributed by atoms with Crippen molar-refractivity contribution in [3.05, 3.63) is 58.1 Å². The zero-order valence-electron chi connectivity index (χ0n) is 13.8. The third-order valence-electron chi connectivity index (χ3n) is 3.92. The SMILES string of the molecule is CCOc1cc2c(cc1CNC(=O)c1ccc(Cl)cc1)O[C@H](C)C2. The van der Waals surface area contributed by atoms with Crippen molar-refractivity contribution in [3.8, 4) is 11.5 Å². The van der Waals surface area contributed by atoms with E-state index in [4.69, 9.17) is 21.1 Å². The number of hydrogen-bond donors (Lipinski definition) is 1. The Morgan fingerprint density at radius 1 is 1.33 bits per heavy atom. The molecule has 0 saturated heterocycles. The molecule has 5 heteroatoms. The van der Waals surface area contributed by atoms with Gasteiger partial charge in [0.25, 0.3) is 5.91 Å². The normalized spacial score (nSPS) is 15.5. The van der Waals surface area contributed by atoms with Crippen LogP contribution in [0.2, 0.25) is 5.02 Å². The van der Waals surface area contributed by atoms with E-state index in [9.17, 15) is 4.79 Å². The topological polar surface area (TPSA) is 47.6 Å². The molecule has 0 unspecified atom stereocenters. The summed E-state index contributed by atoms with van der Waals surface area (Å²) < 4.78 is 11.5. The van der Waals surface area contributed by atoms with Crippen molar-refractivity contribution in [1.29, 1.82) is 0 Å². The highest BCUT2D eigenvalue weighted by molar-refractivity contribution is 6.30. The van der Waals surface area contributed by atoms with Crippen LogP contribution in [0, 0.1) is 0 Å². The first-order valence-electron chi connectivity index (χ1n) is 8.06. The van der Waals surface area contributed by atoms with E-state index in [1.807, 2.05) is 26.0 Å². The van der Waals surface area contributed by atoms with Crippen molar-refractivity contribution in [1.82, 2.24) is 5.32 Å². The summed E-state index contributed by atoms with van der Waals surface area (Å²) in [4.78, 5) is 12.3. The van der Waals surface area contributed by atoms with Crippen LogP contribution in [-0.2, 0) is 13.0 Å². The van der Waals surface area contributed by atoms with Gasteiger partial charge >= 0.3 is 0 Å². The van der Waals surface area contributed by atoms with Crippen LogP contribution in [0.15, 0.2) is 36.4 Å². The number of fused-ring (bicyclic) bond motifs is 1. The lowest BCUT2D eigenvalue weighted by molar-refractivity contribution is 0.0950. The van der Waals surface area contributed by atoms with Crippen molar-refractivity contribution in [2.45, 2.75) is 32.9 Å². The Bertz CT molecular complexity index is 743. The zero-order chi connectivity index (χ0) is 17.1. The van der Waals surface area contributed by atoms with Gasteiger partial charge < -0.3 is 14.8 Å². The highest BCUT2D eigenvalue weighted by Crippen LogP contribution is 2.35. The van der Waals surface area contributed by atoms with Gasteiger partial charge in [0.15, 0.2) is 0 Å². The maximum absolute atomic E-state index is 12.3. The van der Waals surface area contributed by atoms with Crippen LogP contribution in [0.4, 0.5) is 0 Å². The maximum Gasteiger partial charge on any atom is 0.251 e. The third-order valence-corrected chi connectivity index (χ3v) is 4.18. The molecule has 1 N–H and O–H groups in total. The zero-order valence-corrected chi connectivity index (χ0v) is 14.5. The molecule has 0 aromatic heterocycles. The fourth-order valence-electron chi connectivity index (χ4n) is 2.79. The second-order valence-electron chi connectivity index (χ2n) is 5.82. The Morgan fingerprint density at radius 2 is 2.08 bits per heavy atom. The van der Waals surface area contributed by atoms with Crippen molar-refractivity contribution in [2.75, 3.05) is 6.61 Å². The molecule has 2 aromatic carbocycles. The van der Waals surface area contributed by atoms with Gasteiger partial charge in [-0.25, -0.2) is 0 Å². The largest absolute Gasteiger partial charge is 0.494 e. The van der Waals surface area contributed by atoms with Gasteiger partial charge in [0.1, 0.15) is 17.6 Å². The summed E-state index contributed by atoms with van der Waals surface area (Å²) in [5.41, 5.74) is 2.63. The fraction of sp³-hybridized carbons (Fsp3) is 0.316. The van der Waals surface area contributed by atoms with Gasteiger partial charge in [0.2, 0.25) is 0 Å². The van der Waals surface area contributed by atoms with Crippen LogP contribution < -0.4 is 14.8 Å². The lowest BCUT2D eigenvalue weighted by atomic mass is 10.1. The number of carbonyl (C=O) groups excluding carboxylic acids is 1. The van der Waals surface area contributed by atoms with Gasteiger partial charge in [-0.1, -0.05) is 11.6 Å². The van der Waals surface area contributed by atoms with Gasteiger partial charge in [-0.05, 0) is 50.2 Å². The molecular formula is C19H20ClNO3. The Hall–Kier alpha value is -2.20. The van der Waals surface area contributed by atoms with Gasteiger partial charge in [-0.3, -0.25) is 4.79 Å². The first-order chi connectivity index (χ1) is 11.6. The number of rotatable bonds is 5. The van der Waals surface area contributed by atoms with E-state index in [1.165, 1.54) is 0 Å². The molecule has 0 bridgehead atoms. The molecule has 1 aliphatic rings. The van der Waals surface area contributed by atoms with Gasteiger partial charge in [-0.15, -0.1) is 0 Å². The number of amides is 1. The lowest BCUT2D eigenvalue weighted by Crippen LogP contribution is -2.23. The smallest absolute Gasteiger partial charge is 0.251 e. The maximum atomic E-state index is 12.3. The molecule has 4 nitrogen and oxygen atoms in total. The van der Waals surface area contributed by atoms with E-state index in [1.54, 1.807) is 24.3 Å². The molecule has 1 amide bonds. The van der Waals surface area contributed by atoms with Crippen LogP contribution in [0.5, 0.6) is 11.5 Å². The van der Waals surface area contributed by atoms with Crippen molar-refractivity contribution >= 4 is 17.5 Å². The summed E-state index contributed by atoms with van der Waals surface area (Å²) in [5.74, 6) is 1.52. The number of ether oxygens (including phenoxy) is 2. The first-order valence-corrected chi connectivity index (χ1v) is 8.43. The molecule has 1 atom stereocenters. The minimum Gasteiger partial charge on any atom is -0.494 e. The summed E-state index contributed by atoms with van der Waals surface area (Å²) in [7, 11) is 0. The summed E-state index contributed by atoms with van der Waals surface area (Å²) in [6.45, 7) is 4.94. The predicted molar refractivity (Wildman–Crippen MR) is 94.0 cm³/mol. The minimum absolute atomic E-state index is 0.149. The van der Waals surface area contributed by atoms with Crippen LogP contribution in [0.3, 0.4) is 0 Å². The molecule has 126 valence electrons. The average molecular weight is 346 g/mol. The molecule has 3 rings (SSSR count). The molecule has 1 heterocycles. The molecule has 24 heavy (non-hydrogen) atoms. The number of hydrogen-bond acceptors (Lipinski definition) is 3. The number of nitrogens with one attached hydrogen (secondary N) is 1. The fourth-order valence-corrected chi connectivity index (χ4v) is 2.91. The molecular weight excluding hydrogens is 326 g/mol. The number of carbonyl (C=O) groups is 1. The summed E-state index contributed by atoms with van der Waals surface area (Å²) in [6.07, 6.45) is 1.06. The average Bonchev–Trinajstić information content (AvgIpc) is 2.92. The highest BCUT2D eigenvalue weighted by atomic mass is 35.5. The van der Waals surface area contributed by atoms with E-state index in [0.717, 1.165) is 29.0 Å². The molecule has 1 aliphatic heterocycles. The Morgan fingerprint density at radius 3 is 2.79 bits per heavy atom. The Kier molecular flexibility index (Phi) is 4.95. The van der Waals surface area contributed by atoms with E-state index < -0.39 is 0 Å². The van der Waals surface area contributed by atoms with Crippen molar-refractivity contribution < 1.29 is 14.3 Å². The van der Waals surface area contributed by atoms with Gasteiger partial charge in [0.05, 0.1) is 6.61 Å². The van der Waals surface area contributed by atoms with Gasteiger partial charge in [-0.2, -0.15) is 0 Å². The van der Waals surface area contributed by atoms with Crippen LogP contribution in [-0.4, -0.2) is 18.6 Å². The van der Waals surface area contributed by atoms with Gasteiger partial charge in [0, 0.05) is 34.7 Å². The molecule has 0 spiro atoms. The standard InChI is InChI=1S/C19H20ClNO3/c1-3-23-17-9-14-8-12(2)24-18(14)10-15(17)11-21-19(22)13-4-6-16(20)7-5-13/h4-7,9-10,12H,3,8,11H2,1-2H3,(H,21,22)/t12-/m1/s1. The van der Waals surface area contributed by atoms with Crippen LogP contribution >= 0.6 is 11.6 Å². The Balaban J connectivity index is 1.75. The minimum atomic E-state index is -0.149.